The van der Waals surface area contributed by atoms with Gasteiger partial charge in [-0.3, -0.25) is 0 Å². The maximum absolute atomic E-state index is 12.5. The number of carbonyl (C=O) groups is 2. The number of halogens is 2. The van der Waals surface area contributed by atoms with Crippen molar-refractivity contribution >= 4 is 35.1 Å². The zero-order valence-electron chi connectivity index (χ0n) is 17.1. The Kier molecular flexibility index (Phi) is 8.72. The number of carbonyl (C=O) groups excluding carboxylic acids is 2. The lowest BCUT2D eigenvalue weighted by Gasteiger charge is -2.19. The van der Waals surface area contributed by atoms with Gasteiger partial charge in [0.05, 0.1) is 11.1 Å². The van der Waals surface area contributed by atoms with E-state index in [2.05, 4.69) is 6.92 Å². The normalized spacial score (nSPS) is 20.4. The van der Waals surface area contributed by atoms with Crippen molar-refractivity contribution in [3.8, 4) is 0 Å². The van der Waals surface area contributed by atoms with Gasteiger partial charge in [0.1, 0.15) is 18.8 Å². The van der Waals surface area contributed by atoms with E-state index in [1.165, 1.54) is 0 Å². The van der Waals surface area contributed by atoms with E-state index in [-0.39, 0.29) is 6.61 Å². The largest absolute Gasteiger partial charge is 0.459 e. The van der Waals surface area contributed by atoms with Crippen LogP contribution in [0.3, 0.4) is 0 Å². The van der Waals surface area contributed by atoms with Crippen molar-refractivity contribution in [2.75, 3.05) is 13.2 Å². The molecule has 31 heavy (non-hydrogen) atoms. The van der Waals surface area contributed by atoms with Crippen LogP contribution in [0.1, 0.15) is 46.9 Å². The molecule has 166 valence electrons. The van der Waals surface area contributed by atoms with Crippen molar-refractivity contribution in [2.24, 2.45) is 0 Å². The van der Waals surface area contributed by atoms with Crippen LogP contribution in [0.2, 0.25) is 10.0 Å². The summed E-state index contributed by atoms with van der Waals surface area (Å²) >= 11 is 11.7. The minimum atomic E-state index is -0.640. The van der Waals surface area contributed by atoms with E-state index in [1.807, 2.05) is 0 Å². The van der Waals surface area contributed by atoms with Gasteiger partial charge in [-0.05, 0) is 55.0 Å². The van der Waals surface area contributed by atoms with Gasteiger partial charge in [-0.15, -0.1) is 0 Å². The molecule has 0 N–H and O–H groups in total. The van der Waals surface area contributed by atoms with Crippen molar-refractivity contribution in [2.45, 2.75) is 44.7 Å². The van der Waals surface area contributed by atoms with Gasteiger partial charge in [-0.2, -0.15) is 0 Å². The molecule has 0 aromatic heterocycles. The minimum Gasteiger partial charge on any atom is -0.459 e. The van der Waals surface area contributed by atoms with Crippen molar-refractivity contribution in [3.05, 3.63) is 69.7 Å². The van der Waals surface area contributed by atoms with Gasteiger partial charge in [-0.1, -0.05) is 36.5 Å². The van der Waals surface area contributed by atoms with E-state index in [0.29, 0.717) is 34.2 Å². The Bertz CT molecular complexity index is 869. The maximum Gasteiger partial charge on any atom is 0.338 e. The van der Waals surface area contributed by atoms with Crippen LogP contribution in [-0.4, -0.2) is 43.7 Å². The van der Waals surface area contributed by atoms with Crippen LogP contribution >= 0.6 is 23.2 Å². The van der Waals surface area contributed by atoms with Gasteiger partial charge >= 0.3 is 11.9 Å². The van der Waals surface area contributed by atoms with Crippen molar-refractivity contribution in [1.82, 2.24) is 0 Å². The van der Waals surface area contributed by atoms with Gasteiger partial charge in [0.25, 0.3) is 0 Å². The third kappa shape index (κ3) is 6.94. The standard InChI is InChI=1S/C23H24Cl2O6/c1-2-3-12-28-21-13-19(31-23(27)16-6-10-18(25)11-7-16)20(30-21)14-29-22(26)15-4-8-17(24)9-5-15/h4-11,19-21H,2-3,12-14H2,1H3/t19-,20+,21?/m0/s1. The fourth-order valence-corrected chi connectivity index (χ4v) is 3.29. The third-order valence-electron chi connectivity index (χ3n) is 4.76. The van der Waals surface area contributed by atoms with E-state index in [0.717, 1.165) is 12.8 Å². The number of hydrogen-bond acceptors (Lipinski definition) is 6. The third-order valence-corrected chi connectivity index (χ3v) is 5.27. The Labute approximate surface area is 191 Å². The smallest absolute Gasteiger partial charge is 0.338 e. The fraction of sp³-hybridized carbons (Fsp3) is 0.391. The van der Waals surface area contributed by atoms with Gasteiger partial charge in [0.15, 0.2) is 6.29 Å². The second-order valence-electron chi connectivity index (χ2n) is 7.12. The van der Waals surface area contributed by atoms with E-state index in [9.17, 15) is 9.59 Å². The molecule has 3 rings (SSSR count). The molecule has 1 aliphatic heterocycles. The highest BCUT2D eigenvalue weighted by Gasteiger charge is 2.39. The fourth-order valence-electron chi connectivity index (χ4n) is 3.04. The summed E-state index contributed by atoms with van der Waals surface area (Å²) in [5.74, 6) is -1.02. The highest BCUT2D eigenvalue weighted by atomic mass is 35.5. The number of benzene rings is 2. The first kappa shape index (κ1) is 23.5. The zero-order valence-corrected chi connectivity index (χ0v) is 18.6. The molecule has 0 aliphatic carbocycles. The van der Waals surface area contributed by atoms with E-state index in [4.69, 9.17) is 42.1 Å². The Morgan fingerprint density at radius 3 is 2.13 bits per heavy atom. The summed E-state index contributed by atoms with van der Waals surface area (Å²) in [4.78, 5) is 24.8. The van der Waals surface area contributed by atoms with Gasteiger partial charge in [-0.25, -0.2) is 9.59 Å². The number of ether oxygens (including phenoxy) is 4. The maximum atomic E-state index is 12.5. The van der Waals surface area contributed by atoms with Gasteiger partial charge < -0.3 is 18.9 Å². The highest BCUT2D eigenvalue weighted by molar-refractivity contribution is 6.30. The minimum absolute atomic E-state index is 0.0757. The molecule has 0 amide bonds. The van der Waals surface area contributed by atoms with Crippen LogP contribution in [0.25, 0.3) is 0 Å². The van der Waals surface area contributed by atoms with Crippen molar-refractivity contribution in [1.29, 1.82) is 0 Å². The number of hydrogen-bond donors (Lipinski definition) is 0. The van der Waals surface area contributed by atoms with E-state index >= 15 is 0 Å². The molecule has 8 heteroatoms. The summed E-state index contributed by atoms with van der Waals surface area (Å²) in [5.41, 5.74) is 0.740. The summed E-state index contributed by atoms with van der Waals surface area (Å²) in [6.45, 7) is 2.53. The average Bonchev–Trinajstić information content (AvgIpc) is 3.14. The predicted molar refractivity (Wildman–Crippen MR) is 117 cm³/mol. The second kappa shape index (κ2) is 11.5. The van der Waals surface area contributed by atoms with Crippen LogP contribution in [0.15, 0.2) is 48.5 Å². The molecule has 2 aromatic carbocycles. The Hall–Kier alpha value is -2.12. The monoisotopic (exact) mass is 466 g/mol. The summed E-state index contributed by atoms with van der Waals surface area (Å²) in [7, 11) is 0. The Balaban J connectivity index is 1.62. The molecule has 1 fully saturated rings. The summed E-state index contributed by atoms with van der Waals surface area (Å²) in [6, 6.07) is 12.8. The predicted octanol–water partition coefficient (Wildman–Crippen LogP) is 5.31. The van der Waals surface area contributed by atoms with Crippen LogP contribution < -0.4 is 0 Å². The average molecular weight is 467 g/mol. The molecule has 0 spiro atoms. The number of unbranched alkanes of at least 4 members (excludes halogenated alkanes) is 1. The molecule has 1 unspecified atom stereocenters. The molecular formula is C23H24Cl2O6. The van der Waals surface area contributed by atoms with Crippen LogP contribution in [0, 0.1) is 0 Å². The molecule has 6 nitrogen and oxygen atoms in total. The highest BCUT2D eigenvalue weighted by Crippen LogP contribution is 2.26. The Morgan fingerprint density at radius 2 is 1.55 bits per heavy atom. The summed E-state index contributed by atoms with van der Waals surface area (Å²) in [6.07, 6.45) is 0.446. The lowest BCUT2D eigenvalue weighted by Crippen LogP contribution is -2.32. The lowest BCUT2D eigenvalue weighted by atomic mass is 10.1. The summed E-state index contributed by atoms with van der Waals surface area (Å²) < 4.78 is 22.6. The molecule has 3 atom stereocenters. The van der Waals surface area contributed by atoms with Gasteiger partial charge in [0.2, 0.25) is 0 Å². The first-order valence-corrected chi connectivity index (χ1v) is 10.9. The second-order valence-corrected chi connectivity index (χ2v) is 7.99. The summed E-state index contributed by atoms with van der Waals surface area (Å²) in [5, 5.41) is 1.05. The topological polar surface area (TPSA) is 71.1 Å². The molecule has 0 radical (unpaired) electrons. The first-order valence-electron chi connectivity index (χ1n) is 10.1. The van der Waals surface area contributed by atoms with Gasteiger partial charge in [0, 0.05) is 23.1 Å². The molecule has 1 heterocycles. The molecule has 1 aliphatic rings. The van der Waals surface area contributed by atoms with Crippen molar-refractivity contribution in [3.63, 3.8) is 0 Å². The molecule has 1 saturated heterocycles. The van der Waals surface area contributed by atoms with Crippen LogP contribution in [0.4, 0.5) is 0 Å². The molecule has 0 bridgehead atoms. The Morgan fingerprint density at radius 1 is 0.968 bits per heavy atom. The van der Waals surface area contributed by atoms with Crippen molar-refractivity contribution < 1.29 is 28.5 Å². The molecule has 2 aromatic rings. The SMILES string of the molecule is CCCCOC1C[C@H](OC(=O)c2ccc(Cl)cc2)[C@@H](COC(=O)c2ccc(Cl)cc2)O1. The zero-order chi connectivity index (χ0) is 22.2. The van der Waals surface area contributed by atoms with E-state index in [1.54, 1.807) is 48.5 Å². The number of esters is 2. The van der Waals surface area contributed by atoms with Crippen LogP contribution in [0.5, 0.6) is 0 Å². The lowest BCUT2D eigenvalue weighted by molar-refractivity contribution is -0.144. The quantitative estimate of drug-likeness (QED) is 0.368. The number of rotatable bonds is 9. The molecular weight excluding hydrogens is 443 g/mol. The first-order chi connectivity index (χ1) is 15.0. The van der Waals surface area contributed by atoms with E-state index < -0.39 is 30.4 Å². The molecule has 0 saturated carbocycles. The van der Waals surface area contributed by atoms with Crippen LogP contribution in [-0.2, 0) is 18.9 Å².